The Balaban J connectivity index is 2.25. The molecule has 1 N–H and O–H groups in total. The zero-order valence-electron chi connectivity index (χ0n) is 12.2. The van der Waals surface area contributed by atoms with Gasteiger partial charge in [0.25, 0.3) is 0 Å². The Bertz CT molecular complexity index is 487. The van der Waals surface area contributed by atoms with E-state index < -0.39 is 12.1 Å². The Kier molecular flexibility index (Phi) is 4.37. The number of hydrogen-bond donors (Lipinski definition) is 1. The third-order valence-corrected chi connectivity index (χ3v) is 3.64. The molecule has 0 bridgehead atoms. The van der Waals surface area contributed by atoms with E-state index in [4.69, 9.17) is 0 Å². The Morgan fingerprint density at radius 1 is 1.35 bits per heavy atom. The van der Waals surface area contributed by atoms with Crippen molar-refractivity contribution in [3.63, 3.8) is 0 Å². The first kappa shape index (κ1) is 14.5. The Hall–Kier alpha value is -1.91. The summed E-state index contributed by atoms with van der Waals surface area (Å²) >= 11 is 0. The predicted octanol–water partition coefficient (Wildman–Crippen LogP) is 1.34. The number of carbonyl (C=O) groups excluding carboxylic acids is 2. The number of rotatable bonds is 4. The molecule has 0 aromatic carbocycles. The predicted molar refractivity (Wildman–Crippen MR) is 75.6 cm³/mol. The summed E-state index contributed by atoms with van der Waals surface area (Å²) in [5.74, 6) is -0.00526. The lowest BCUT2D eigenvalue weighted by atomic mass is 9.96. The first-order chi connectivity index (χ1) is 9.54. The van der Waals surface area contributed by atoms with Crippen LogP contribution in [0.4, 0.5) is 0 Å². The molecule has 108 valence electrons. The maximum atomic E-state index is 12.6. The van der Waals surface area contributed by atoms with Crippen LogP contribution in [0.3, 0.4) is 0 Å². The average molecular weight is 275 g/mol. The lowest BCUT2D eigenvalue weighted by Gasteiger charge is -2.39. The lowest BCUT2D eigenvalue weighted by molar-refractivity contribution is -0.151. The van der Waals surface area contributed by atoms with Gasteiger partial charge in [-0.15, -0.1) is 0 Å². The van der Waals surface area contributed by atoms with Gasteiger partial charge < -0.3 is 10.2 Å². The molecular formula is C15H21N3O2. The van der Waals surface area contributed by atoms with Gasteiger partial charge in [0.15, 0.2) is 0 Å². The smallest absolute Gasteiger partial charge is 0.246 e. The fourth-order valence-electron chi connectivity index (χ4n) is 2.50. The van der Waals surface area contributed by atoms with E-state index in [1.807, 2.05) is 39.0 Å². The summed E-state index contributed by atoms with van der Waals surface area (Å²) in [5.41, 5.74) is 0.802. The van der Waals surface area contributed by atoms with Crippen molar-refractivity contribution in [3.05, 3.63) is 30.1 Å². The molecule has 2 amide bonds. The molecule has 0 radical (unpaired) electrons. The van der Waals surface area contributed by atoms with Gasteiger partial charge in [0, 0.05) is 6.20 Å². The second-order valence-electron chi connectivity index (χ2n) is 5.44. The summed E-state index contributed by atoms with van der Waals surface area (Å²) in [5, 5.41) is 2.83. The zero-order valence-corrected chi connectivity index (χ0v) is 12.2. The van der Waals surface area contributed by atoms with Crippen LogP contribution >= 0.6 is 0 Å². The minimum atomic E-state index is -0.436. The van der Waals surface area contributed by atoms with Crippen LogP contribution in [0.2, 0.25) is 0 Å². The molecule has 2 unspecified atom stereocenters. The molecule has 20 heavy (non-hydrogen) atoms. The number of piperazine rings is 1. The van der Waals surface area contributed by atoms with Crippen LogP contribution in [-0.2, 0) is 16.1 Å². The van der Waals surface area contributed by atoms with E-state index in [0.29, 0.717) is 13.0 Å². The molecule has 1 aliphatic rings. The molecule has 0 aliphatic carbocycles. The fraction of sp³-hybridized carbons (Fsp3) is 0.533. The molecule has 1 aromatic rings. The number of hydrogen-bond acceptors (Lipinski definition) is 3. The maximum absolute atomic E-state index is 12.6. The number of aromatic nitrogens is 1. The largest absolute Gasteiger partial charge is 0.342 e. The van der Waals surface area contributed by atoms with E-state index in [0.717, 1.165) is 5.69 Å². The molecule has 5 heteroatoms. The second-order valence-corrected chi connectivity index (χ2v) is 5.44. The Morgan fingerprint density at radius 3 is 2.65 bits per heavy atom. The molecule has 0 spiro atoms. The normalized spacial score (nSPS) is 23.1. The van der Waals surface area contributed by atoms with Crippen molar-refractivity contribution in [2.24, 2.45) is 5.92 Å². The molecule has 1 saturated heterocycles. The molecule has 2 atom stereocenters. The topological polar surface area (TPSA) is 62.3 Å². The zero-order chi connectivity index (χ0) is 14.7. The SMILES string of the molecule is CCC1C(=O)NC(C(C)C)C(=O)N1Cc1ccccn1. The third kappa shape index (κ3) is 2.81. The highest BCUT2D eigenvalue weighted by atomic mass is 16.2. The van der Waals surface area contributed by atoms with E-state index in [-0.39, 0.29) is 17.7 Å². The molecule has 5 nitrogen and oxygen atoms in total. The van der Waals surface area contributed by atoms with Crippen molar-refractivity contribution in [1.82, 2.24) is 15.2 Å². The van der Waals surface area contributed by atoms with Crippen LogP contribution in [0.1, 0.15) is 32.9 Å². The Morgan fingerprint density at radius 2 is 2.10 bits per heavy atom. The quantitative estimate of drug-likeness (QED) is 0.902. The molecule has 2 heterocycles. The highest BCUT2D eigenvalue weighted by Gasteiger charge is 2.40. The van der Waals surface area contributed by atoms with Crippen LogP contribution in [0.5, 0.6) is 0 Å². The van der Waals surface area contributed by atoms with Gasteiger partial charge in [-0.3, -0.25) is 14.6 Å². The van der Waals surface area contributed by atoms with E-state index in [1.54, 1.807) is 11.1 Å². The summed E-state index contributed by atoms with van der Waals surface area (Å²) in [4.78, 5) is 30.6. The van der Waals surface area contributed by atoms with E-state index >= 15 is 0 Å². The minimum Gasteiger partial charge on any atom is -0.342 e. The van der Waals surface area contributed by atoms with Gasteiger partial charge in [-0.2, -0.15) is 0 Å². The van der Waals surface area contributed by atoms with Gasteiger partial charge in [-0.1, -0.05) is 26.8 Å². The summed E-state index contributed by atoms with van der Waals surface area (Å²) in [6.07, 6.45) is 2.31. The lowest BCUT2D eigenvalue weighted by Crippen LogP contribution is -2.64. The molecule has 1 aliphatic heterocycles. The highest BCUT2D eigenvalue weighted by molar-refractivity contribution is 5.97. The van der Waals surface area contributed by atoms with Gasteiger partial charge >= 0.3 is 0 Å². The van der Waals surface area contributed by atoms with Crippen molar-refractivity contribution in [2.45, 2.75) is 45.8 Å². The molecular weight excluding hydrogens is 254 g/mol. The van der Waals surface area contributed by atoms with Crippen molar-refractivity contribution in [1.29, 1.82) is 0 Å². The van der Waals surface area contributed by atoms with Crippen LogP contribution < -0.4 is 5.32 Å². The number of nitrogens with zero attached hydrogens (tertiary/aromatic N) is 2. The molecule has 2 rings (SSSR count). The summed E-state index contributed by atoms with van der Waals surface area (Å²) < 4.78 is 0. The van der Waals surface area contributed by atoms with Gasteiger partial charge in [-0.05, 0) is 24.5 Å². The van der Waals surface area contributed by atoms with E-state index in [1.165, 1.54) is 0 Å². The molecule has 0 saturated carbocycles. The Labute approximate surface area is 119 Å². The fourth-order valence-corrected chi connectivity index (χ4v) is 2.50. The van der Waals surface area contributed by atoms with Crippen LogP contribution in [0.25, 0.3) is 0 Å². The summed E-state index contributed by atoms with van der Waals surface area (Å²) in [6.45, 7) is 6.18. The number of amides is 2. The van der Waals surface area contributed by atoms with Crippen molar-refractivity contribution >= 4 is 11.8 Å². The first-order valence-corrected chi connectivity index (χ1v) is 7.05. The molecule has 1 fully saturated rings. The summed E-state index contributed by atoms with van der Waals surface area (Å²) in [7, 11) is 0. The van der Waals surface area contributed by atoms with E-state index in [9.17, 15) is 9.59 Å². The number of carbonyl (C=O) groups is 2. The average Bonchev–Trinajstić information content (AvgIpc) is 2.43. The van der Waals surface area contributed by atoms with Crippen LogP contribution in [0.15, 0.2) is 24.4 Å². The highest BCUT2D eigenvalue weighted by Crippen LogP contribution is 2.19. The van der Waals surface area contributed by atoms with E-state index in [2.05, 4.69) is 10.3 Å². The van der Waals surface area contributed by atoms with Gasteiger partial charge in [-0.25, -0.2) is 0 Å². The second kappa shape index (κ2) is 6.03. The first-order valence-electron chi connectivity index (χ1n) is 7.05. The maximum Gasteiger partial charge on any atom is 0.246 e. The van der Waals surface area contributed by atoms with Crippen molar-refractivity contribution < 1.29 is 9.59 Å². The standard InChI is InChI=1S/C15H21N3O2/c1-4-12-14(19)17-13(10(2)3)15(20)18(12)9-11-7-5-6-8-16-11/h5-8,10,12-13H,4,9H2,1-3H3,(H,17,19). The van der Waals surface area contributed by atoms with Crippen LogP contribution in [-0.4, -0.2) is 33.8 Å². The number of nitrogens with one attached hydrogen (secondary N) is 1. The number of pyridine rings is 1. The minimum absolute atomic E-state index is 0.0166. The van der Waals surface area contributed by atoms with Crippen LogP contribution in [0, 0.1) is 5.92 Å². The van der Waals surface area contributed by atoms with Gasteiger partial charge in [0.2, 0.25) is 11.8 Å². The summed E-state index contributed by atoms with van der Waals surface area (Å²) in [6, 6.07) is 4.75. The van der Waals surface area contributed by atoms with Gasteiger partial charge in [0.1, 0.15) is 12.1 Å². The molecule has 1 aromatic heterocycles. The third-order valence-electron chi connectivity index (χ3n) is 3.64. The van der Waals surface area contributed by atoms with Crippen molar-refractivity contribution in [3.8, 4) is 0 Å². The van der Waals surface area contributed by atoms with Gasteiger partial charge in [0.05, 0.1) is 12.2 Å². The monoisotopic (exact) mass is 275 g/mol. The van der Waals surface area contributed by atoms with Crippen molar-refractivity contribution in [2.75, 3.05) is 0 Å².